The van der Waals surface area contributed by atoms with Crippen molar-refractivity contribution in [3.05, 3.63) is 29.6 Å². The highest BCUT2D eigenvalue weighted by atomic mass is 32.2. The maximum atomic E-state index is 13.7. The molecule has 0 aliphatic carbocycles. The molecule has 20 heavy (non-hydrogen) atoms. The number of aromatic carboxylic acids is 1. The zero-order valence-electron chi connectivity index (χ0n) is 11.8. The van der Waals surface area contributed by atoms with Gasteiger partial charge in [0.15, 0.2) is 0 Å². The van der Waals surface area contributed by atoms with Crippen molar-refractivity contribution in [3.63, 3.8) is 0 Å². The van der Waals surface area contributed by atoms with Gasteiger partial charge in [-0.15, -0.1) is 0 Å². The van der Waals surface area contributed by atoms with Gasteiger partial charge in [0, 0.05) is 13.6 Å². The fourth-order valence-corrected chi connectivity index (χ4v) is 3.24. The van der Waals surface area contributed by atoms with Gasteiger partial charge in [0.25, 0.3) is 0 Å². The molecular weight excluding hydrogens is 285 g/mol. The Labute approximate surface area is 118 Å². The lowest BCUT2D eigenvalue weighted by Gasteiger charge is -2.26. The number of benzene rings is 1. The van der Waals surface area contributed by atoms with E-state index in [1.54, 1.807) is 0 Å². The summed E-state index contributed by atoms with van der Waals surface area (Å²) in [5, 5.41) is 8.86. The summed E-state index contributed by atoms with van der Waals surface area (Å²) in [5.74, 6) is -2.27. The summed E-state index contributed by atoms with van der Waals surface area (Å²) >= 11 is 0. The number of hydrogen-bond donors (Lipinski definition) is 1. The first kappa shape index (κ1) is 16.6. The number of sulfonamides is 1. The van der Waals surface area contributed by atoms with E-state index in [4.69, 9.17) is 5.11 Å². The minimum atomic E-state index is -4.06. The van der Waals surface area contributed by atoms with Crippen LogP contribution in [0, 0.1) is 11.2 Å². The lowest BCUT2D eigenvalue weighted by atomic mass is 9.97. The monoisotopic (exact) mass is 303 g/mol. The SMILES string of the molecule is CN(CC(C)(C)C)S(=O)(=O)c1cc(C(=O)O)ccc1F. The molecule has 0 radical (unpaired) electrons. The third-order valence-electron chi connectivity index (χ3n) is 2.56. The average molecular weight is 303 g/mol. The molecule has 7 heteroatoms. The Kier molecular flexibility index (Phi) is 4.55. The smallest absolute Gasteiger partial charge is 0.335 e. The largest absolute Gasteiger partial charge is 0.478 e. The molecule has 0 atom stereocenters. The molecular formula is C13H18FNO4S. The number of hydrogen-bond acceptors (Lipinski definition) is 3. The van der Waals surface area contributed by atoms with Crippen LogP contribution in [-0.2, 0) is 10.0 Å². The summed E-state index contributed by atoms with van der Waals surface area (Å²) in [7, 11) is -2.72. The van der Waals surface area contributed by atoms with Gasteiger partial charge in [-0.1, -0.05) is 20.8 Å². The van der Waals surface area contributed by atoms with E-state index < -0.39 is 26.7 Å². The van der Waals surface area contributed by atoms with Crippen LogP contribution >= 0.6 is 0 Å². The minimum absolute atomic E-state index is 0.187. The number of carboxylic acids is 1. The van der Waals surface area contributed by atoms with E-state index in [1.165, 1.54) is 7.05 Å². The summed E-state index contributed by atoms with van der Waals surface area (Å²) in [6.45, 7) is 5.74. The fraction of sp³-hybridized carbons (Fsp3) is 0.462. The molecule has 0 spiro atoms. The number of rotatable bonds is 4. The molecule has 0 amide bonds. The van der Waals surface area contributed by atoms with Crippen molar-refractivity contribution < 1.29 is 22.7 Å². The molecule has 0 saturated heterocycles. The Morgan fingerprint density at radius 2 is 1.90 bits per heavy atom. The lowest BCUT2D eigenvalue weighted by Crippen LogP contribution is -2.35. The second-order valence-corrected chi connectivity index (χ2v) is 7.79. The van der Waals surface area contributed by atoms with E-state index in [1.807, 2.05) is 20.8 Å². The Morgan fingerprint density at radius 3 is 2.35 bits per heavy atom. The van der Waals surface area contributed by atoms with Crippen molar-refractivity contribution in [2.45, 2.75) is 25.7 Å². The van der Waals surface area contributed by atoms with Crippen molar-refractivity contribution in [1.82, 2.24) is 4.31 Å². The van der Waals surface area contributed by atoms with Crippen LogP contribution in [0.3, 0.4) is 0 Å². The Morgan fingerprint density at radius 1 is 1.35 bits per heavy atom. The standard InChI is InChI=1S/C13H18FNO4S/c1-13(2,3)8-15(4)20(18,19)11-7-9(12(16)17)5-6-10(11)14/h5-7H,8H2,1-4H3,(H,16,17). The van der Waals surface area contributed by atoms with E-state index in [0.29, 0.717) is 0 Å². The van der Waals surface area contributed by atoms with Crippen molar-refractivity contribution in [3.8, 4) is 0 Å². The first-order valence-electron chi connectivity index (χ1n) is 5.94. The third-order valence-corrected chi connectivity index (χ3v) is 4.38. The van der Waals surface area contributed by atoms with Crippen LogP contribution in [0.4, 0.5) is 4.39 Å². The summed E-state index contributed by atoms with van der Waals surface area (Å²) < 4.78 is 39.3. The van der Waals surface area contributed by atoms with Gasteiger partial charge in [-0.2, -0.15) is 0 Å². The lowest BCUT2D eigenvalue weighted by molar-refractivity contribution is 0.0696. The first-order valence-corrected chi connectivity index (χ1v) is 7.38. The number of nitrogens with zero attached hydrogens (tertiary/aromatic N) is 1. The van der Waals surface area contributed by atoms with Crippen LogP contribution in [0.1, 0.15) is 31.1 Å². The van der Waals surface area contributed by atoms with Gasteiger partial charge in [-0.3, -0.25) is 0 Å². The van der Waals surface area contributed by atoms with Crippen molar-refractivity contribution in [2.24, 2.45) is 5.41 Å². The molecule has 0 unspecified atom stereocenters. The van der Waals surface area contributed by atoms with Gasteiger partial charge in [-0.25, -0.2) is 21.9 Å². The summed E-state index contributed by atoms with van der Waals surface area (Å²) in [6, 6.07) is 2.72. The van der Waals surface area contributed by atoms with Crippen molar-refractivity contribution >= 4 is 16.0 Å². The number of halogens is 1. The number of carboxylic acid groups (broad SMARTS) is 1. The van der Waals surface area contributed by atoms with Crippen LogP contribution < -0.4 is 0 Å². The van der Waals surface area contributed by atoms with E-state index >= 15 is 0 Å². The van der Waals surface area contributed by atoms with Gasteiger partial charge in [0.1, 0.15) is 10.7 Å². The van der Waals surface area contributed by atoms with E-state index in [9.17, 15) is 17.6 Å². The van der Waals surface area contributed by atoms with Gasteiger partial charge in [0.05, 0.1) is 5.56 Å². The van der Waals surface area contributed by atoms with Crippen LogP contribution in [0.15, 0.2) is 23.1 Å². The maximum absolute atomic E-state index is 13.7. The molecule has 1 aromatic rings. The average Bonchev–Trinajstić information content (AvgIpc) is 2.26. The normalized spacial score (nSPS) is 12.7. The second-order valence-electron chi connectivity index (χ2n) is 5.77. The highest BCUT2D eigenvalue weighted by Gasteiger charge is 2.28. The molecule has 0 fully saturated rings. The van der Waals surface area contributed by atoms with Crippen molar-refractivity contribution in [2.75, 3.05) is 13.6 Å². The zero-order chi connectivity index (χ0) is 15.7. The van der Waals surface area contributed by atoms with E-state index in [0.717, 1.165) is 22.5 Å². The molecule has 0 aliphatic rings. The quantitative estimate of drug-likeness (QED) is 0.925. The van der Waals surface area contributed by atoms with Crippen LogP contribution in [0.25, 0.3) is 0 Å². The topological polar surface area (TPSA) is 74.7 Å². The third kappa shape index (κ3) is 3.77. The zero-order valence-corrected chi connectivity index (χ0v) is 12.7. The molecule has 1 aromatic carbocycles. The Bertz CT molecular complexity index is 620. The van der Waals surface area contributed by atoms with E-state index in [2.05, 4.69) is 0 Å². The fourth-order valence-electron chi connectivity index (χ4n) is 1.75. The van der Waals surface area contributed by atoms with Gasteiger partial charge >= 0.3 is 5.97 Å². The van der Waals surface area contributed by atoms with Crippen LogP contribution in [-0.4, -0.2) is 37.4 Å². The van der Waals surface area contributed by atoms with E-state index in [-0.39, 0.29) is 17.5 Å². The predicted molar refractivity (Wildman–Crippen MR) is 72.6 cm³/mol. The molecule has 0 aromatic heterocycles. The second kappa shape index (κ2) is 5.49. The first-order chi connectivity index (χ1) is 8.95. The highest BCUT2D eigenvalue weighted by molar-refractivity contribution is 7.89. The Hall–Kier alpha value is -1.47. The number of carbonyl (C=O) groups is 1. The predicted octanol–water partition coefficient (Wildman–Crippen LogP) is 2.19. The highest BCUT2D eigenvalue weighted by Crippen LogP contribution is 2.23. The molecule has 0 heterocycles. The maximum Gasteiger partial charge on any atom is 0.335 e. The summed E-state index contributed by atoms with van der Waals surface area (Å²) in [6.07, 6.45) is 0. The molecule has 0 aliphatic heterocycles. The van der Waals surface area contributed by atoms with Gasteiger partial charge in [0.2, 0.25) is 10.0 Å². The molecule has 5 nitrogen and oxygen atoms in total. The summed E-state index contributed by atoms with van der Waals surface area (Å²) in [5.41, 5.74) is -0.572. The summed E-state index contributed by atoms with van der Waals surface area (Å²) in [4.78, 5) is 10.2. The molecule has 112 valence electrons. The van der Waals surface area contributed by atoms with Gasteiger partial charge < -0.3 is 5.11 Å². The molecule has 1 rings (SSSR count). The van der Waals surface area contributed by atoms with Crippen LogP contribution in [0.2, 0.25) is 0 Å². The van der Waals surface area contributed by atoms with Gasteiger partial charge in [-0.05, 0) is 23.6 Å². The minimum Gasteiger partial charge on any atom is -0.478 e. The molecule has 0 saturated carbocycles. The Balaban J connectivity index is 3.28. The van der Waals surface area contributed by atoms with Crippen molar-refractivity contribution in [1.29, 1.82) is 0 Å². The van der Waals surface area contributed by atoms with Crippen LogP contribution in [0.5, 0.6) is 0 Å². The molecule has 1 N–H and O–H groups in total. The molecule has 0 bridgehead atoms.